The van der Waals surface area contributed by atoms with E-state index >= 15 is 0 Å². The highest BCUT2D eigenvalue weighted by Crippen LogP contribution is 2.27. The van der Waals surface area contributed by atoms with E-state index in [0.717, 1.165) is 22.6 Å². The van der Waals surface area contributed by atoms with Gasteiger partial charge >= 0.3 is 5.97 Å². The van der Waals surface area contributed by atoms with E-state index < -0.39 is 0 Å². The molecule has 33 heavy (non-hydrogen) atoms. The van der Waals surface area contributed by atoms with E-state index in [-0.39, 0.29) is 19.2 Å². The van der Waals surface area contributed by atoms with Crippen LogP contribution >= 0.6 is 0 Å². The van der Waals surface area contributed by atoms with Crippen LogP contribution in [0.4, 0.5) is 0 Å². The van der Waals surface area contributed by atoms with E-state index in [1.807, 2.05) is 62.4 Å². The number of hydrogen-bond donors (Lipinski definition) is 0. The second-order valence-electron chi connectivity index (χ2n) is 7.32. The summed E-state index contributed by atoms with van der Waals surface area (Å²) in [5.41, 5.74) is 2.71. The van der Waals surface area contributed by atoms with Crippen molar-refractivity contribution in [1.82, 2.24) is 4.98 Å². The number of rotatable bonds is 13. The van der Waals surface area contributed by atoms with Gasteiger partial charge in [-0.2, -0.15) is 0 Å². The van der Waals surface area contributed by atoms with Gasteiger partial charge < -0.3 is 23.4 Å². The average Bonchev–Trinajstić information content (AvgIpc) is 3.20. The summed E-state index contributed by atoms with van der Waals surface area (Å²) in [5, 5.41) is 0. The van der Waals surface area contributed by atoms with Crippen LogP contribution in [-0.2, 0) is 27.1 Å². The summed E-state index contributed by atoms with van der Waals surface area (Å²) in [4.78, 5) is 16.3. The number of nitrogens with zero attached hydrogens (tertiary/aromatic N) is 1. The summed E-state index contributed by atoms with van der Waals surface area (Å²) < 4.78 is 27.9. The fraction of sp³-hybridized carbons (Fsp3) is 0.385. The van der Waals surface area contributed by atoms with Crippen molar-refractivity contribution in [2.45, 2.75) is 40.0 Å². The second-order valence-corrected chi connectivity index (χ2v) is 7.32. The Balaban J connectivity index is 1.61. The normalized spacial score (nSPS) is 10.8. The molecule has 0 bridgehead atoms. The lowest BCUT2D eigenvalue weighted by atomic mass is 10.1. The van der Waals surface area contributed by atoms with Crippen LogP contribution in [0.15, 0.2) is 52.9 Å². The van der Waals surface area contributed by atoms with Crippen LogP contribution in [0.2, 0.25) is 0 Å². The van der Waals surface area contributed by atoms with Gasteiger partial charge in [-0.1, -0.05) is 24.3 Å². The molecule has 0 radical (unpaired) electrons. The van der Waals surface area contributed by atoms with Gasteiger partial charge in [-0.25, -0.2) is 4.98 Å². The van der Waals surface area contributed by atoms with Gasteiger partial charge in [0.1, 0.15) is 17.3 Å². The number of aromatic nitrogens is 1. The van der Waals surface area contributed by atoms with Crippen molar-refractivity contribution in [2.75, 3.05) is 26.6 Å². The molecule has 176 valence electrons. The van der Waals surface area contributed by atoms with Gasteiger partial charge in [0.05, 0.1) is 18.9 Å². The molecule has 0 saturated heterocycles. The number of ether oxygens (including phenoxy) is 4. The molecular formula is C26H31NO6. The predicted octanol–water partition coefficient (Wildman–Crippen LogP) is 5.14. The van der Waals surface area contributed by atoms with Gasteiger partial charge in [0.15, 0.2) is 6.79 Å². The van der Waals surface area contributed by atoms with Gasteiger partial charge in [-0.3, -0.25) is 4.79 Å². The summed E-state index contributed by atoms with van der Waals surface area (Å²) in [5.74, 6) is 2.47. The first-order valence-electron chi connectivity index (χ1n) is 11.2. The lowest BCUT2D eigenvalue weighted by Crippen LogP contribution is -2.08. The second kappa shape index (κ2) is 12.6. The van der Waals surface area contributed by atoms with Crippen molar-refractivity contribution >= 4 is 5.97 Å². The number of oxazole rings is 1. The number of carbonyl (C=O) groups excluding carboxylic acids is 1. The van der Waals surface area contributed by atoms with Crippen molar-refractivity contribution in [2.24, 2.45) is 0 Å². The minimum absolute atomic E-state index is 0.132. The van der Waals surface area contributed by atoms with Crippen molar-refractivity contribution in [3.05, 3.63) is 65.5 Å². The molecule has 7 nitrogen and oxygen atoms in total. The SMILES string of the molecule is CCOCOc1cc(OCCc2nc(-c3ccccc3)oc2C)ccc1CCC(=O)OCC. The van der Waals surface area contributed by atoms with Crippen LogP contribution in [0, 0.1) is 6.92 Å². The Morgan fingerprint density at radius 1 is 1.00 bits per heavy atom. The van der Waals surface area contributed by atoms with E-state index in [1.54, 1.807) is 6.92 Å². The Morgan fingerprint density at radius 3 is 2.58 bits per heavy atom. The van der Waals surface area contributed by atoms with Crippen LogP contribution in [0.5, 0.6) is 11.5 Å². The Kier molecular flexibility index (Phi) is 9.32. The fourth-order valence-corrected chi connectivity index (χ4v) is 3.25. The van der Waals surface area contributed by atoms with Gasteiger partial charge in [0.25, 0.3) is 0 Å². The molecule has 7 heteroatoms. The molecule has 0 N–H and O–H groups in total. The predicted molar refractivity (Wildman–Crippen MR) is 124 cm³/mol. The first kappa shape index (κ1) is 24.3. The highest BCUT2D eigenvalue weighted by molar-refractivity contribution is 5.69. The quantitative estimate of drug-likeness (QED) is 0.201. The zero-order valence-electron chi connectivity index (χ0n) is 19.5. The first-order chi connectivity index (χ1) is 16.1. The summed E-state index contributed by atoms with van der Waals surface area (Å²) in [6.07, 6.45) is 1.41. The molecule has 0 unspecified atom stereocenters. The molecule has 0 aliphatic rings. The third kappa shape index (κ3) is 7.36. The van der Waals surface area contributed by atoms with E-state index in [2.05, 4.69) is 4.98 Å². The maximum atomic E-state index is 11.7. The minimum atomic E-state index is -0.230. The molecule has 1 aromatic heterocycles. The fourth-order valence-electron chi connectivity index (χ4n) is 3.25. The first-order valence-corrected chi connectivity index (χ1v) is 11.2. The van der Waals surface area contributed by atoms with E-state index in [1.165, 1.54) is 0 Å². The number of carbonyl (C=O) groups is 1. The van der Waals surface area contributed by atoms with Crippen molar-refractivity contribution in [3.8, 4) is 23.0 Å². The largest absolute Gasteiger partial charge is 0.493 e. The summed E-state index contributed by atoms with van der Waals surface area (Å²) in [6.45, 7) is 7.10. The third-order valence-corrected chi connectivity index (χ3v) is 4.97. The molecule has 2 aromatic carbocycles. The van der Waals surface area contributed by atoms with E-state index in [0.29, 0.717) is 50.1 Å². The Morgan fingerprint density at radius 2 is 1.82 bits per heavy atom. The number of esters is 1. The van der Waals surface area contributed by atoms with Gasteiger partial charge in [0, 0.05) is 31.1 Å². The molecule has 0 amide bonds. The average molecular weight is 454 g/mol. The molecule has 0 aliphatic heterocycles. The maximum absolute atomic E-state index is 11.7. The lowest BCUT2D eigenvalue weighted by molar-refractivity contribution is -0.143. The monoisotopic (exact) mass is 453 g/mol. The minimum Gasteiger partial charge on any atom is -0.493 e. The zero-order chi connectivity index (χ0) is 23.5. The topological polar surface area (TPSA) is 80.0 Å². The van der Waals surface area contributed by atoms with Gasteiger partial charge in [-0.15, -0.1) is 0 Å². The molecule has 0 aliphatic carbocycles. The molecule has 3 rings (SSSR count). The van der Waals surface area contributed by atoms with Crippen LogP contribution < -0.4 is 9.47 Å². The third-order valence-electron chi connectivity index (χ3n) is 4.97. The molecular weight excluding hydrogens is 422 g/mol. The van der Waals surface area contributed by atoms with Crippen molar-refractivity contribution in [1.29, 1.82) is 0 Å². The standard InChI is InChI=1S/C26H31NO6/c1-4-29-18-32-24-17-22(13-11-20(24)12-14-25(28)30-5-2)31-16-15-23-19(3)33-26(27-23)21-9-7-6-8-10-21/h6-11,13,17H,4-5,12,14-16,18H2,1-3H3. The van der Waals surface area contributed by atoms with E-state index in [9.17, 15) is 4.79 Å². The summed E-state index contributed by atoms with van der Waals surface area (Å²) in [6, 6.07) is 15.4. The summed E-state index contributed by atoms with van der Waals surface area (Å²) >= 11 is 0. The molecule has 0 fully saturated rings. The Hall–Kier alpha value is -3.32. The van der Waals surface area contributed by atoms with Crippen LogP contribution in [0.3, 0.4) is 0 Å². The number of benzene rings is 2. The van der Waals surface area contributed by atoms with Gasteiger partial charge in [-0.05, 0) is 51.0 Å². The lowest BCUT2D eigenvalue weighted by Gasteiger charge is -2.14. The molecule has 0 atom stereocenters. The Labute approximate surface area is 194 Å². The van der Waals surface area contributed by atoms with E-state index in [4.69, 9.17) is 23.4 Å². The number of aryl methyl sites for hydroxylation is 2. The zero-order valence-corrected chi connectivity index (χ0v) is 19.5. The summed E-state index contributed by atoms with van der Waals surface area (Å²) in [7, 11) is 0. The molecule has 1 heterocycles. The van der Waals surface area contributed by atoms with Gasteiger partial charge in [0.2, 0.25) is 5.89 Å². The smallest absolute Gasteiger partial charge is 0.306 e. The number of hydrogen-bond acceptors (Lipinski definition) is 7. The van der Waals surface area contributed by atoms with Crippen molar-refractivity contribution < 1.29 is 28.2 Å². The van der Waals surface area contributed by atoms with Crippen molar-refractivity contribution in [3.63, 3.8) is 0 Å². The highest BCUT2D eigenvalue weighted by atomic mass is 16.7. The molecule has 3 aromatic rings. The molecule has 0 saturated carbocycles. The van der Waals surface area contributed by atoms with Crippen LogP contribution in [0.25, 0.3) is 11.5 Å². The molecule has 0 spiro atoms. The van der Waals surface area contributed by atoms with Crippen LogP contribution in [0.1, 0.15) is 37.3 Å². The Bertz CT molecular complexity index is 1010. The highest BCUT2D eigenvalue weighted by Gasteiger charge is 2.13. The van der Waals surface area contributed by atoms with Crippen LogP contribution in [-0.4, -0.2) is 37.6 Å². The maximum Gasteiger partial charge on any atom is 0.306 e.